The van der Waals surface area contributed by atoms with Crippen LogP contribution in [0.25, 0.3) is 0 Å². The minimum absolute atomic E-state index is 0.0127. The molecular weight excluding hydrogens is 404 g/mol. The molecule has 0 radical (unpaired) electrons. The van der Waals surface area contributed by atoms with Crippen LogP contribution in [0.15, 0.2) is 53.4 Å². The third-order valence-corrected chi connectivity index (χ3v) is 6.67. The van der Waals surface area contributed by atoms with Crippen LogP contribution >= 0.6 is 0 Å². The Morgan fingerprint density at radius 1 is 1.07 bits per heavy atom. The Bertz CT molecular complexity index is 1060. The first-order valence-corrected chi connectivity index (χ1v) is 11.2. The summed E-state index contributed by atoms with van der Waals surface area (Å²) in [6, 6.07) is 13.8. The van der Waals surface area contributed by atoms with E-state index in [0.717, 1.165) is 15.6 Å². The lowest BCUT2D eigenvalue weighted by Crippen LogP contribution is -2.35. The Morgan fingerprint density at radius 3 is 2.43 bits per heavy atom. The van der Waals surface area contributed by atoms with Crippen LogP contribution in [-0.2, 0) is 20.2 Å². The maximum absolute atomic E-state index is 12.5. The number of benzene rings is 2. The van der Waals surface area contributed by atoms with Gasteiger partial charge in [0.25, 0.3) is 15.9 Å². The molecule has 1 heterocycles. The molecule has 1 aliphatic heterocycles. The van der Waals surface area contributed by atoms with Gasteiger partial charge in [0.1, 0.15) is 17.3 Å². The molecular formula is C22H26N2O5S. The van der Waals surface area contributed by atoms with Gasteiger partial charge in [0.05, 0.1) is 12.1 Å². The first-order valence-electron chi connectivity index (χ1n) is 9.77. The van der Waals surface area contributed by atoms with Gasteiger partial charge in [-0.05, 0) is 29.2 Å². The van der Waals surface area contributed by atoms with Crippen LogP contribution in [-0.4, -0.2) is 44.2 Å². The minimum atomic E-state index is -3.89. The van der Waals surface area contributed by atoms with Crippen molar-refractivity contribution in [2.75, 3.05) is 19.7 Å². The molecule has 160 valence electrons. The van der Waals surface area contributed by atoms with E-state index in [2.05, 4.69) is 26.1 Å². The largest absolute Gasteiger partial charge is 0.491 e. The summed E-state index contributed by atoms with van der Waals surface area (Å²) in [5.74, 6) is -0.173. The van der Waals surface area contributed by atoms with Crippen molar-refractivity contribution >= 4 is 21.8 Å². The van der Waals surface area contributed by atoms with Crippen molar-refractivity contribution < 1.29 is 22.7 Å². The molecule has 0 spiro atoms. The maximum Gasteiger partial charge on any atom is 0.269 e. The van der Waals surface area contributed by atoms with E-state index >= 15 is 0 Å². The smallest absolute Gasteiger partial charge is 0.269 e. The van der Waals surface area contributed by atoms with Crippen LogP contribution in [0.4, 0.5) is 0 Å². The van der Waals surface area contributed by atoms with Crippen molar-refractivity contribution in [2.45, 2.75) is 37.5 Å². The third-order valence-electron chi connectivity index (χ3n) is 4.83. The van der Waals surface area contributed by atoms with Gasteiger partial charge >= 0.3 is 0 Å². The van der Waals surface area contributed by atoms with Crippen molar-refractivity contribution in [2.24, 2.45) is 0 Å². The molecule has 7 nitrogen and oxygen atoms in total. The summed E-state index contributed by atoms with van der Waals surface area (Å²) in [7, 11) is -3.89. The molecule has 2 aromatic carbocycles. The standard InChI is InChI=1S/C22H26N2O5S/c1-22(2,3)17-9-5-6-10-18(17)29-15-13-23-20(25)12-14-24-21(26)16-8-4-7-11-19(16)30(24,27)28/h4-11H,12-15H2,1-3H3,(H,23,25). The van der Waals surface area contributed by atoms with Gasteiger partial charge in [-0.1, -0.05) is 51.1 Å². The highest BCUT2D eigenvalue weighted by molar-refractivity contribution is 7.90. The summed E-state index contributed by atoms with van der Waals surface area (Å²) in [4.78, 5) is 24.5. The first-order chi connectivity index (χ1) is 14.1. The highest BCUT2D eigenvalue weighted by Gasteiger charge is 2.40. The number of hydrogen-bond donors (Lipinski definition) is 1. The number of amides is 2. The van der Waals surface area contributed by atoms with Gasteiger partial charge in [-0.15, -0.1) is 0 Å². The molecule has 0 atom stereocenters. The third kappa shape index (κ3) is 4.48. The topological polar surface area (TPSA) is 92.8 Å². The van der Waals surface area contributed by atoms with Crippen molar-refractivity contribution in [3.05, 3.63) is 59.7 Å². The summed E-state index contributed by atoms with van der Waals surface area (Å²) in [5.41, 5.74) is 1.16. The Balaban J connectivity index is 1.49. The Morgan fingerprint density at radius 2 is 1.73 bits per heavy atom. The number of nitrogens with one attached hydrogen (secondary N) is 1. The van der Waals surface area contributed by atoms with Gasteiger partial charge in [0, 0.05) is 13.0 Å². The number of hydrogen-bond acceptors (Lipinski definition) is 5. The van der Waals surface area contributed by atoms with E-state index in [9.17, 15) is 18.0 Å². The summed E-state index contributed by atoms with van der Waals surface area (Å²) in [5, 5.41) is 2.70. The van der Waals surface area contributed by atoms with Crippen LogP contribution in [0.1, 0.15) is 43.1 Å². The van der Waals surface area contributed by atoms with Crippen LogP contribution < -0.4 is 10.1 Å². The second kappa shape index (κ2) is 8.47. The Labute approximate surface area is 177 Å². The van der Waals surface area contributed by atoms with Gasteiger partial charge in [0.2, 0.25) is 5.91 Å². The average Bonchev–Trinajstić information content (AvgIpc) is 2.89. The predicted molar refractivity (Wildman–Crippen MR) is 113 cm³/mol. The van der Waals surface area contributed by atoms with Crippen molar-refractivity contribution in [1.29, 1.82) is 0 Å². The molecule has 2 aromatic rings. The molecule has 3 rings (SSSR count). The van der Waals surface area contributed by atoms with E-state index in [4.69, 9.17) is 4.74 Å². The molecule has 0 bridgehead atoms. The zero-order chi connectivity index (χ0) is 21.9. The van der Waals surface area contributed by atoms with E-state index in [1.807, 2.05) is 24.3 Å². The van der Waals surface area contributed by atoms with Gasteiger partial charge in [-0.25, -0.2) is 12.7 Å². The number of carbonyl (C=O) groups excluding carboxylic acids is 2. The number of rotatable bonds is 7. The first kappa shape index (κ1) is 21.8. The van der Waals surface area contributed by atoms with Crippen molar-refractivity contribution in [1.82, 2.24) is 9.62 Å². The highest BCUT2D eigenvalue weighted by atomic mass is 32.2. The minimum Gasteiger partial charge on any atom is -0.491 e. The SMILES string of the molecule is CC(C)(C)c1ccccc1OCCNC(=O)CCN1C(=O)c2ccccc2S1(=O)=O. The van der Waals surface area contributed by atoms with Gasteiger partial charge in [-0.2, -0.15) is 0 Å². The molecule has 1 N–H and O–H groups in total. The average molecular weight is 431 g/mol. The van der Waals surface area contributed by atoms with E-state index in [-0.39, 0.29) is 47.9 Å². The Hall–Kier alpha value is -2.87. The zero-order valence-electron chi connectivity index (χ0n) is 17.3. The van der Waals surface area contributed by atoms with Crippen LogP contribution in [0, 0.1) is 0 Å². The maximum atomic E-state index is 12.5. The highest BCUT2D eigenvalue weighted by Crippen LogP contribution is 2.31. The zero-order valence-corrected chi connectivity index (χ0v) is 18.2. The van der Waals surface area contributed by atoms with Crippen molar-refractivity contribution in [3.8, 4) is 5.75 Å². The van der Waals surface area contributed by atoms with E-state index in [1.165, 1.54) is 12.1 Å². The van der Waals surface area contributed by atoms with Crippen LogP contribution in [0.5, 0.6) is 5.75 Å². The lowest BCUT2D eigenvalue weighted by atomic mass is 9.86. The molecule has 0 fully saturated rings. The number of fused-ring (bicyclic) bond motifs is 1. The van der Waals surface area contributed by atoms with E-state index in [0.29, 0.717) is 0 Å². The molecule has 0 aliphatic carbocycles. The molecule has 0 saturated carbocycles. The molecule has 8 heteroatoms. The van der Waals surface area contributed by atoms with Crippen LogP contribution in [0.2, 0.25) is 0 Å². The number of carbonyl (C=O) groups is 2. The normalized spacial score (nSPS) is 15.0. The Kier molecular flexibility index (Phi) is 6.17. The fraction of sp³-hybridized carbons (Fsp3) is 0.364. The lowest BCUT2D eigenvalue weighted by Gasteiger charge is -2.22. The predicted octanol–water partition coefficient (Wildman–Crippen LogP) is 2.71. The molecule has 0 saturated heterocycles. The molecule has 1 aliphatic rings. The summed E-state index contributed by atoms with van der Waals surface area (Å²) >= 11 is 0. The molecule has 0 aromatic heterocycles. The fourth-order valence-electron chi connectivity index (χ4n) is 3.31. The number of para-hydroxylation sites is 1. The van der Waals surface area contributed by atoms with Gasteiger partial charge in [-0.3, -0.25) is 9.59 Å². The van der Waals surface area contributed by atoms with Crippen LogP contribution in [0.3, 0.4) is 0 Å². The second-order valence-electron chi connectivity index (χ2n) is 8.07. The number of ether oxygens (including phenoxy) is 1. The summed E-state index contributed by atoms with van der Waals surface area (Å²) in [6.45, 7) is 6.66. The summed E-state index contributed by atoms with van der Waals surface area (Å²) < 4.78 is 31.5. The second-order valence-corrected chi connectivity index (χ2v) is 9.90. The van der Waals surface area contributed by atoms with Crippen molar-refractivity contribution in [3.63, 3.8) is 0 Å². The van der Waals surface area contributed by atoms with E-state index < -0.39 is 15.9 Å². The molecule has 30 heavy (non-hydrogen) atoms. The number of nitrogens with zero attached hydrogens (tertiary/aromatic N) is 1. The quantitative estimate of drug-likeness (QED) is 0.682. The van der Waals surface area contributed by atoms with Gasteiger partial charge in [0.15, 0.2) is 0 Å². The lowest BCUT2D eigenvalue weighted by molar-refractivity contribution is -0.121. The fourth-order valence-corrected chi connectivity index (χ4v) is 4.88. The monoisotopic (exact) mass is 430 g/mol. The molecule has 0 unspecified atom stereocenters. The summed E-state index contributed by atoms with van der Waals surface area (Å²) in [6.07, 6.45) is -0.114. The van der Waals surface area contributed by atoms with E-state index in [1.54, 1.807) is 12.1 Å². The van der Waals surface area contributed by atoms with Gasteiger partial charge < -0.3 is 10.1 Å². The number of sulfonamides is 1. The molecule has 2 amide bonds.